The van der Waals surface area contributed by atoms with Crippen LogP contribution in [-0.4, -0.2) is 49.3 Å². The standard InChI is InChI=1S/C33H34N2O4/c36-28-15-7-13-26(19-28)22-34-30(18-17-24-9-3-1-4-10-24)32(38)31(21-25-11-5-2-6-12-25)35(33(34)39)23-27-14-8-16-29(37)20-27/h1-16,19-20,30-32,36-38H,17-18,21-23H2/t30-,31-,32-/m1/s1. The van der Waals surface area contributed by atoms with Gasteiger partial charge in [0.1, 0.15) is 11.5 Å². The van der Waals surface area contributed by atoms with Gasteiger partial charge in [-0.15, -0.1) is 0 Å². The molecule has 4 aromatic rings. The number of hydrogen-bond donors (Lipinski definition) is 3. The van der Waals surface area contributed by atoms with Crippen LogP contribution in [0.3, 0.4) is 0 Å². The number of nitrogens with zero attached hydrogens (tertiary/aromatic N) is 2. The van der Waals surface area contributed by atoms with E-state index in [4.69, 9.17) is 0 Å². The molecule has 2 amide bonds. The summed E-state index contributed by atoms with van der Waals surface area (Å²) in [6, 6.07) is 32.8. The summed E-state index contributed by atoms with van der Waals surface area (Å²) in [4.78, 5) is 17.8. The fourth-order valence-electron chi connectivity index (χ4n) is 5.52. The highest BCUT2D eigenvalue weighted by molar-refractivity contribution is 5.77. The normalized spacial score (nSPS) is 19.3. The molecule has 6 nitrogen and oxygen atoms in total. The van der Waals surface area contributed by atoms with Crippen molar-refractivity contribution in [2.45, 2.75) is 50.5 Å². The van der Waals surface area contributed by atoms with Gasteiger partial charge in [-0.3, -0.25) is 0 Å². The van der Waals surface area contributed by atoms with Gasteiger partial charge in [-0.25, -0.2) is 4.79 Å². The molecule has 39 heavy (non-hydrogen) atoms. The van der Waals surface area contributed by atoms with Crippen molar-refractivity contribution in [1.82, 2.24) is 9.80 Å². The third-order valence-corrected chi connectivity index (χ3v) is 7.47. The minimum Gasteiger partial charge on any atom is -0.508 e. The van der Waals surface area contributed by atoms with Gasteiger partial charge in [-0.05, 0) is 65.8 Å². The molecule has 0 saturated carbocycles. The third-order valence-electron chi connectivity index (χ3n) is 7.47. The first-order valence-electron chi connectivity index (χ1n) is 13.4. The van der Waals surface area contributed by atoms with Crippen molar-refractivity contribution in [2.75, 3.05) is 0 Å². The number of carbonyl (C=O) groups excluding carboxylic acids is 1. The molecular formula is C33H34N2O4. The van der Waals surface area contributed by atoms with Crippen LogP contribution in [0, 0.1) is 0 Å². The number of phenolic OH excluding ortho intramolecular Hbond substituents is 2. The Hall–Kier alpha value is -4.29. The van der Waals surface area contributed by atoms with Crippen LogP contribution in [0.15, 0.2) is 109 Å². The molecule has 5 rings (SSSR count). The van der Waals surface area contributed by atoms with Crippen molar-refractivity contribution >= 4 is 6.03 Å². The van der Waals surface area contributed by atoms with Gasteiger partial charge >= 0.3 is 6.03 Å². The van der Waals surface area contributed by atoms with Gasteiger partial charge in [0.05, 0.1) is 18.2 Å². The van der Waals surface area contributed by atoms with Crippen LogP contribution in [0.4, 0.5) is 4.79 Å². The van der Waals surface area contributed by atoms with Gasteiger partial charge in [-0.2, -0.15) is 0 Å². The highest BCUT2D eigenvalue weighted by Gasteiger charge is 2.45. The molecule has 200 valence electrons. The van der Waals surface area contributed by atoms with Crippen LogP contribution in [0.25, 0.3) is 0 Å². The molecule has 0 bridgehead atoms. The predicted octanol–water partition coefficient (Wildman–Crippen LogP) is 5.51. The summed E-state index contributed by atoms with van der Waals surface area (Å²) in [7, 11) is 0. The van der Waals surface area contributed by atoms with Crippen molar-refractivity contribution in [1.29, 1.82) is 0 Å². The van der Waals surface area contributed by atoms with E-state index in [1.807, 2.05) is 60.7 Å². The van der Waals surface area contributed by atoms with Crippen molar-refractivity contribution < 1.29 is 20.1 Å². The second-order valence-corrected chi connectivity index (χ2v) is 10.2. The third kappa shape index (κ3) is 6.41. The first kappa shape index (κ1) is 26.3. The largest absolute Gasteiger partial charge is 0.508 e. The van der Waals surface area contributed by atoms with E-state index in [0.29, 0.717) is 12.8 Å². The predicted molar refractivity (Wildman–Crippen MR) is 151 cm³/mol. The van der Waals surface area contributed by atoms with Crippen LogP contribution in [-0.2, 0) is 25.9 Å². The number of aliphatic hydroxyl groups excluding tert-OH is 1. The van der Waals surface area contributed by atoms with E-state index in [9.17, 15) is 20.1 Å². The van der Waals surface area contributed by atoms with Gasteiger partial charge in [0, 0.05) is 13.1 Å². The summed E-state index contributed by atoms with van der Waals surface area (Å²) < 4.78 is 0. The quantitative estimate of drug-likeness (QED) is 0.271. The minimum absolute atomic E-state index is 0.134. The average molecular weight is 523 g/mol. The Morgan fingerprint density at radius 1 is 0.590 bits per heavy atom. The lowest BCUT2D eigenvalue weighted by Crippen LogP contribution is -2.66. The van der Waals surface area contributed by atoms with Gasteiger partial charge in [0.2, 0.25) is 0 Å². The van der Waals surface area contributed by atoms with Gasteiger partial charge in [-0.1, -0.05) is 84.9 Å². The number of benzene rings is 4. The number of hydrogen-bond acceptors (Lipinski definition) is 4. The topological polar surface area (TPSA) is 84.2 Å². The maximum atomic E-state index is 14.3. The molecule has 1 aliphatic heterocycles. The van der Waals surface area contributed by atoms with E-state index in [2.05, 4.69) is 12.1 Å². The number of aliphatic hydroxyl groups is 1. The molecule has 0 spiro atoms. The zero-order chi connectivity index (χ0) is 27.2. The SMILES string of the molecule is O=C1N(Cc2cccc(O)c2)[C@H](CCc2ccccc2)[C@@H](O)[C@@H](Cc2ccccc2)N1Cc1cccc(O)c1. The number of phenols is 2. The lowest BCUT2D eigenvalue weighted by Gasteiger charge is -2.49. The number of aryl methyl sites for hydroxylation is 1. The van der Waals surface area contributed by atoms with E-state index in [1.165, 1.54) is 0 Å². The smallest absolute Gasteiger partial charge is 0.321 e. The number of rotatable bonds is 9. The van der Waals surface area contributed by atoms with Crippen molar-refractivity contribution in [2.24, 2.45) is 0 Å². The first-order valence-corrected chi connectivity index (χ1v) is 13.4. The molecule has 0 unspecified atom stereocenters. The molecular weight excluding hydrogens is 488 g/mol. The fraction of sp³-hybridized carbons (Fsp3) is 0.242. The van der Waals surface area contributed by atoms with Crippen LogP contribution < -0.4 is 0 Å². The van der Waals surface area contributed by atoms with Crippen LogP contribution >= 0.6 is 0 Å². The number of amides is 2. The number of carbonyl (C=O) groups is 1. The van der Waals surface area contributed by atoms with E-state index in [0.717, 1.165) is 28.7 Å². The Labute approximate surface area is 229 Å². The summed E-state index contributed by atoms with van der Waals surface area (Å²) >= 11 is 0. The molecule has 3 atom stereocenters. The zero-order valence-corrected chi connectivity index (χ0v) is 21.8. The maximum absolute atomic E-state index is 14.3. The molecule has 0 aromatic heterocycles. The Bertz CT molecular complexity index is 1380. The van der Waals surface area contributed by atoms with Crippen LogP contribution in [0.2, 0.25) is 0 Å². The molecule has 0 radical (unpaired) electrons. The summed E-state index contributed by atoms with van der Waals surface area (Å²) in [5.74, 6) is 0.270. The molecule has 4 aromatic carbocycles. The van der Waals surface area contributed by atoms with Crippen LogP contribution in [0.1, 0.15) is 28.7 Å². The Balaban J connectivity index is 1.50. The highest BCUT2D eigenvalue weighted by Crippen LogP contribution is 2.31. The molecule has 3 N–H and O–H groups in total. The maximum Gasteiger partial charge on any atom is 0.321 e. The lowest BCUT2D eigenvalue weighted by molar-refractivity contribution is -0.0453. The van der Waals surface area contributed by atoms with Crippen LogP contribution in [0.5, 0.6) is 11.5 Å². The van der Waals surface area contributed by atoms with E-state index in [1.54, 1.807) is 46.2 Å². The second kappa shape index (κ2) is 12.0. The molecule has 6 heteroatoms. The zero-order valence-electron chi connectivity index (χ0n) is 21.8. The summed E-state index contributed by atoms with van der Waals surface area (Å²) in [5, 5.41) is 32.1. The van der Waals surface area contributed by atoms with Gasteiger partial charge in [0.25, 0.3) is 0 Å². The molecule has 1 saturated heterocycles. The van der Waals surface area contributed by atoms with Crippen molar-refractivity contribution in [3.63, 3.8) is 0 Å². The Morgan fingerprint density at radius 2 is 1.08 bits per heavy atom. The summed E-state index contributed by atoms with van der Waals surface area (Å²) in [6.07, 6.45) is 1.01. The van der Waals surface area contributed by atoms with E-state index >= 15 is 0 Å². The summed E-state index contributed by atoms with van der Waals surface area (Å²) in [5.41, 5.74) is 3.77. The molecule has 0 aliphatic carbocycles. The van der Waals surface area contributed by atoms with E-state index in [-0.39, 0.29) is 30.6 Å². The van der Waals surface area contributed by atoms with Crippen molar-refractivity contribution in [3.8, 4) is 11.5 Å². The minimum atomic E-state index is -0.818. The molecule has 1 fully saturated rings. The van der Waals surface area contributed by atoms with E-state index < -0.39 is 18.2 Å². The fourth-order valence-corrected chi connectivity index (χ4v) is 5.52. The Morgan fingerprint density at radius 3 is 1.62 bits per heavy atom. The lowest BCUT2D eigenvalue weighted by atomic mass is 9.88. The molecule has 1 heterocycles. The van der Waals surface area contributed by atoms with Gasteiger partial charge < -0.3 is 25.1 Å². The highest BCUT2D eigenvalue weighted by atomic mass is 16.3. The number of urea groups is 1. The monoisotopic (exact) mass is 522 g/mol. The molecule has 1 aliphatic rings. The Kier molecular flexibility index (Phi) is 8.13. The number of aromatic hydroxyl groups is 2. The average Bonchev–Trinajstić information content (AvgIpc) is 2.94. The summed E-state index contributed by atoms with van der Waals surface area (Å²) in [6.45, 7) is 0.516. The second-order valence-electron chi connectivity index (χ2n) is 10.2. The first-order chi connectivity index (χ1) is 19.0. The van der Waals surface area contributed by atoms with Crippen molar-refractivity contribution in [3.05, 3.63) is 131 Å². The van der Waals surface area contributed by atoms with Gasteiger partial charge in [0.15, 0.2) is 0 Å².